The fraction of sp³-hybridized carbons (Fsp3) is 0.385. The summed E-state index contributed by atoms with van der Waals surface area (Å²) in [5.74, 6) is 1.54. The molecule has 0 spiro atoms. The van der Waals surface area contributed by atoms with Crippen molar-refractivity contribution in [3.63, 3.8) is 0 Å². The molecule has 0 atom stereocenters. The predicted molar refractivity (Wildman–Crippen MR) is 59.7 cm³/mol. The molecule has 1 aromatic carbocycles. The van der Waals surface area contributed by atoms with Gasteiger partial charge in [-0.15, -0.1) is 0 Å². The molecule has 0 aliphatic carbocycles. The molecule has 1 nitrogen and oxygen atoms in total. The molecular formula is C13H16O. The van der Waals surface area contributed by atoms with E-state index in [1.807, 2.05) is 0 Å². The molecule has 1 aromatic heterocycles. The minimum atomic E-state index is 0.465. The van der Waals surface area contributed by atoms with Gasteiger partial charge in [0.15, 0.2) is 0 Å². The first kappa shape index (κ1) is 9.32. The van der Waals surface area contributed by atoms with Gasteiger partial charge in [0.2, 0.25) is 0 Å². The Bertz CT molecular complexity index is 437. The molecule has 0 aliphatic rings. The molecule has 74 valence electrons. The quantitative estimate of drug-likeness (QED) is 0.691. The van der Waals surface area contributed by atoms with E-state index in [1.165, 1.54) is 10.9 Å². The lowest BCUT2D eigenvalue weighted by atomic mass is 10.1. The van der Waals surface area contributed by atoms with Crippen LogP contribution in [-0.2, 0) is 6.42 Å². The van der Waals surface area contributed by atoms with Crippen LogP contribution >= 0.6 is 0 Å². The Morgan fingerprint density at radius 1 is 1.21 bits per heavy atom. The Kier molecular flexibility index (Phi) is 2.32. The smallest absolute Gasteiger partial charge is 0.134 e. The van der Waals surface area contributed by atoms with Crippen LogP contribution in [0.4, 0.5) is 0 Å². The molecule has 0 aliphatic heterocycles. The largest absolute Gasteiger partial charge is 0.461 e. The van der Waals surface area contributed by atoms with Crippen molar-refractivity contribution in [3.8, 4) is 0 Å². The zero-order chi connectivity index (χ0) is 10.1. The van der Waals surface area contributed by atoms with Crippen molar-refractivity contribution in [1.29, 1.82) is 0 Å². The highest BCUT2D eigenvalue weighted by molar-refractivity contribution is 5.78. The van der Waals surface area contributed by atoms with Crippen LogP contribution < -0.4 is 0 Å². The standard InChI is InChI=1S/C13H16O/c1-4-10-5-6-12-11(7-10)8-13(14-12)9(2)3/h5-9H,4H2,1-3H3. The van der Waals surface area contributed by atoms with Crippen molar-refractivity contribution >= 4 is 11.0 Å². The minimum Gasteiger partial charge on any atom is -0.461 e. The topological polar surface area (TPSA) is 13.1 Å². The second-order valence-corrected chi connectivity index (χ2v) is 4.03. The monoisotopic (exact) mass is 188 g/mol. The van der Waals surface area contributed by atoms with E-state index in [1.54, 1.807) is 0 Å². The van der Waals surface area contributed by atoms with E-state index < -0.39 is 0 Å². The SMILES string of the molecule is CCc1ccc2oc(C(C)C)cc2c1. The molecule has 0 saturated carbocycles. The van der Waals surface area contributed by atoms with E-state index in [-0.39, 0.29) is 0 Å². The van der Waals surface area contributed by atoms with E-state index in [2.05, 4.69) is 45.0 Å². The minimum absolute atomic E-state index is 0.465. The number of rotatable bonds is 2. The summed E-state index contributed by atoms with van der Waals surface area (Å²) in [6.45, 7) is 6.47. The van der Waals surface area contributed by atoms with E-state index in [9.17, 15) is 0 Å². The van der Waals surface area contributed by atoms with Crippen LogP contribution in [-0.4, -0.2) is 0 Å². The fourth-order valence-electron chi connectivity index (χ4n) is 1.62. The molecule has 2 rings (SSSR count). The van der Waals surface area contributed by atoms with Crippen molar-refractivity contribution in [3.05, 3.63) is 35.6 Å². The molecule has 0 amide bonds. The van der Waals surface area contributed by atoms with Gasteiger partial charge in [0, 0.05) is 11.3 Å². The van der Waals surface area contributed by atoms with Gasteiger partial charge in [0.25, 0.3) is 0 Å². The molecule has 0 bridgehead atoms. The number of furan rings is 1. The highest BCUT2D eigenvalue weighted by atomic mass is 16.3. The summed E-state index contributed by atoms with van der Waals surface area (Å²) in [7, 11) is 0. The van der Waals surface area contributed by atoms with Crippen LogP contribution in [0.5, 0.6) is 0 Å². The lowest BCUT2D eigenvalue weighted by molar-refractivity contribution is 0.521. The summed E-state index contributed by atoms with van der Waals surface area (Å²) in [5.41, 5.74) is 2.37. The maximum Gasteiger partial charge on any atom is 0.134 e. The Labute approximate surface area is 84.7 Å². The van der Waals surface area contributed by atoms with Gasteiger partial charge in [-0.05, 0) is 30.2 Å². The van der Waals surface area contributed by atoms with E-state index in [4.69, 9.17) is 4.42 Å². The average Bonchev–Trinajstić information content (AvgIpc) is 2.59. The van der Waals surface area contributed by atoms with Crippen molar-refractivity contribution in [2.75, 3.05) is 0 Å². The average molecular weight is 188 g/mol. The Morgan fingerprint density at radius 2 is 2.00 bits per heavy atom. The van der Waals surface area contributed by atoms with Gasteiger partial charge in [-0.25, -0.2) is 0 Å². The molecule has 14 heavy (non-hydrogen) atoms. The summed E-state index contributed by atoms with van der Waals surface area (Å²) in [4.78, 5) is 0. The molecule has 0 radical (unpaired) electrons. The highest BCUT2D eigenvalue weighted by Crippen LogP contribution is 2.25. The fourth-order valence-corrected chi connectivity index (χ4v) is 1.62. The van der Waals surface area contributed by atoms with Crippen LogP contribution in [0.1, 0.15) is 38.0 Å². The lowest BCUT2D eigenvalue weighted by Gasteiger charge is -1.95. The lowest BCUT2D eigenvalue weighted by Crippen LogP contribution is -1.79. The van der Waals surface area contributed by atoms with Crippen molar-refractivity contribution in [1.82, 2.24) is 0 Å². The third-order valence-corrected chi connectivity index (χ3v) is 2.58. The molecule has 1 heterocycles. The molecule has 0 unspecified atom stereocenters. The van der Waals surface area contributed by atoms with Crippen LogP contribution in [0.15, 0.2) is 28.7 Å². The van der Waals surface area contributed by atoms with Crippen molar-refractivity contribution in [2.24, 2.45) is 0 Å². The van der Waals surface area contributed by atoms with Crippen molar-refractivity contribution < 1.29 is 4.42 Å². The number of fused-ring (bicyclic) bond motifs is 1. The van der Waals surface area contributed by atoms with Crippen LogP contribution in [0.2, 0.25) is 0 Å². The summed E-state index contributed by atoms with van der Waals surface area (Å²) in [5, 5.41) is 1.23. The maximum absolute atomic E-state index is 5.73. The first-order valence-electron chi connectivity index (χ1n) is 5.23. The Balaban J connectivity index is 2.54. The van der Waals surface area contributed by atoms with Gasteiger partial charge >= 0.3 is 0 Å². The van der Waals surface area contributed by atoms with Gasteiger partial charge in [0.05, 0.1) is 0 Å². The van der Waals surface area contributed by atoms with Gasteiger partial charge in [0.1, 0.15) is 11.3 Å². The summed E-state index contributed by atoms with van der Waals surface area (Å²) in [6.07, 6.45) is 1.08. The molecule has 1 heteroatoms. The third-order valence-electron chi connectivity index (χ3n) is 2.58. The van der Waals surface area contributed by atoms with Crippen LogP contribution in [0, 0.1) is 0 Å². The number of hydrogen-bond acceptors (Lipinski definition) is 1. The zero-order valence-corrected chi connectivity index (χ0v) is 9.00. The van der Waals surface area contributed by atoms with Crippen LogP contribution in [0.3, 0.4) is 0 Å². The van der Waals surface area contributed by atoms with Gasteiger partial charge in [-0.3, -0.25) is 0 Å². The number of benzene rings is 1. The highest BCUT2D eigenvalue weighted by Gasteiger charge is 2.06. The molecule has 0 fully saturated rings. The summed E-state index contributed by atoms with van der Waals surface area (Å²) >= 11 is 0. The van der Waals surface area contributed by atoms with Gasteiger partial charge in [-0.2, -0.15) is 0 Å². The number of hydrogen-bond donors (Lipinski definition) is 0. The normalized spacial score (nSPS) is 11.4. The van der Waals surface area contributed by atoms with Crippen molar-refractivity contribution in [2.45, 2.75) is 33.1 Å². The maximum atomic E-state index is 5.73. The van der Waals surface area contributed by atoms with E-state index in [0.717, 1.165) is 17.8 Å². The van der Waals surface area contributed by atoms with E-state index in [0.29, 0.717) is 5.92 Å². The first-order chi connectivity index (χ1) is 6.70. The summed E-state index contributed by atoms with van der Waals surface area (Å²) in [6, 6.07) is 8.57. The number of aryl methyl sites for hydroxylation is 1. The second-order valence-electron chi connectivity index (χ2n) is 4.03. The molecular weight excluding hydrogens is 172 g/mol. The van der Waals surface area contributed by atoms with Gasteiger partial charge in [-0.1, -0.05) is 26.8 Å². The Hall–Kier alpha value is -1.24. The molecule has 2 aromatic rings. The predicted octanol–water partition coefficient (Wildman–Crippen LogP) is 4.12. The molecule has 0 N–H and O–H groups in total. The van der Waals surface area contributed by atoms with E-state index >= 15 is 0 Å². The Morgan fingerprint density at radius 3 is 2.64 bits per heavy atom. The second kappa shape index (κ2) is 3.49. The third kappa shape index (κ3) is 1.54. The molecule has 0 saturated heterocycles. The van der Waals surface area contributed by atoms with Gasteiger partial charge < -0.3 is 4.42 Å². The first-order valence-corrected chi connectivity index (χ1v) is 5.23. The zero-order valence-electron chi connectivity index (χ0n) is 9.00. The summed E-state index contributed by atoms with van der Waals surface area (Å²) < 4.78 is 5.73. The van der Waals surface area contributed by atoms with Crippen LogP contribution in [0.25, 0.3) is 11.0 Å².